The van der Waals surface area contributed by atoms with Gasteiger partial charge in [0.25, 0.3) is 0 Å². The summed E-state index contributed by atoms with van der Waals surface area (Å²) in [5, 5.41) is 7.36. The van der Waals surface area contributed by atoms with Crippen LogP contribution in [0, 0.1) is 0 Å². The standard InChI is InChI=1S/C13H25N3O2/c1-5-17-7-6-16(4)10-13-8-12(15-18-13)9-14-11(2)3/h8,11,14H,5-7,9-10H2,1-4H3. The summed E-state index contributed by atoms with van der Waals surface area (Å²) in [6, 6.07) is 2.46. The van der Waals surface area contributed by atoms with E-state index in [0.29, 0.717) is 6.04 Å². The van der Waals surface area contributed by atoms with Gasteiger partial charge in [0.1, 0.15) is 0 Å². The lowest BCUT2D eigenvalue weighted by Gasteiger charge is -2.13. The van der Waals surface area contributed by atoms with Gasteiger partial charge in [-0.05, 0) is 14.0 Å². The van der Waals surface area contributed by atoms with E-state index in [2.05, 4.69) is 29.2 Å². The predicted octanol–water partition coefficient (Wildman–Crippen LogP) is 1.64. The van der Waals surface area contributed by atoms with Crippen LogP contribution in [-0.4, -0.2) is 42.9 Å². The highest BCUT2D eigenvalue weighted by Gasteiger charge is 2.07. The average molecular weight is 255 g/mol. The van der Waals surface area contributed by atoms with Gasteiger partial charge in [0.15, 0.2) is 5.76 Å². The quantitative estimate of drug-likeness (QED) is 0.680. The molecular weight excluding hydrogens is 230 g/mol. The van der Waals surface area contributed by atoms with E-state index in [4.69, 9.17) is 9.26 Å². The molecule has 0 aromatic carbocycles. The SMILES string of the molecule is CCOCCN(C)Cc1cc(CNC(C)C)no1. The summed E-state index contributed by atoms with van der Waals surface area (Å²) in [6.07, 6.45) is 0. The van der Waals surface area contributed by atoms with Crippen molar-refractivity contribution in [1.29, 1.82) is 0 Å². The molecule has 0 aliphatic rings. The van der Waals surface area contributed by atoms with E-state index < -0.39 is 0 Å². The van der Waals surface area contributed by atoms with Crippen LogP contribution in [-0.2, 0) is 17.8 Å². The fourth-order valence-electron chi connectivity index (χ4n) is 1.53. The Bertz CT molecular complexity index is 326. The monoisotopic (exact) mass is 255 g/mol. The Balaban J connectivity index is 2.29. The summed E-state index contributed by atoms with van der Waals surface area (Å²) in [5.74, 6) is 0.898. The molecule has 1 N–H and O–H groups in total. The summed E-state index contributed by atoms with van der Waals surface area (Å²) in [7, 11) is 2.05. The first-order valence-electron chi connectivity index (χ1n) is 6.56. The first-order chi connectivity index (χ1) is 8.61. The zero-order valence-electron chi connectivity index (χ0n) is 11.9. The Morgan fingerprint density at radius 2 is 2.28 bits per heavy atom. The molecule has 104 valence electrons. The molecule has 1 aromatic heterocycles. The molecule has 0 atom stereocenters. The highest BCUT2D eigenvalue weighted by Crippen LogP contribution is 2.06. The zero-order chi connectivity index (χ0) is 13.4. The molecule has 0 aliphatic carbocycles. The number of rotatable bonds is 9. The van der Waals surface area contributed by atoms with Gasteiger partial charge in [0.2, 0.25) is 0 Å². The van der Waals surface area contributed by atoms with Crippen LogP contribution in [0.2, 0.25) is 0 Å². The molecule has 18 heavy (non-hydrogen) atoms. The molecule has 0 aliphatic heterocycles. The van der Waals surface area contributed by atoms with Crippen molar-refractivity contribution in [2.24, 2.45) is 0 Å². The van der Waals surface area contributed by atoms with Crippen molar-refractivity contribution in [3.05, 3.63) is 17.5 Å². The van der Waals surface area contributed by atoms with Crippen LogP contribution in [0.1, 0.15) is 32.2 Å². The second-order valence-corrected chi connectivity index (χ2v) is 4.75. The van der Waals surface area contributed by atoms with Crippen molar-refractivity contribution in [2.75, 3.05) is 26.8 Å². The molecule has 0 fully saturated rings. The fourth-order valence-corrected chi connectivity index (χ4v) is 1.53. The first kappa shape index (κ1) is 15.1. The van der Waals surface area contributed by atoms with Gasteiger partial charge in [-0.3, -0.25) is 4.90 Å². The van der Waals surface area contributed by atoms with Crippen LogP contribution < -0.4 is 5.32 Å². The number of ether oxygens (including phenoxy) is 1. The van der Waals surface area contributed by atoms with Crippen LogP contribution in [0.5, 0.6) is 0 Å². The molecule has 1 rings (SSSR count). The van der Waals surface area contributed by atoms with Gasteiger partial charge in [0.05, 0.1) is 18.8 Å². The number of aromatic nitrogens is 1. The minimum Gasteiger partial charge on any atom is -0.380 e. The molecule has 0 amide bonds. The molecule has 0 unspecified atom stereocenters. The van der Waals surface area contributed by atoms with E-state index in [-0.39, 0.29) is 0 Å². The van der Waals surface area contributed by atoms with Gasteiger partial charge in [-0.25, -0.2) is 0 Å². The lowest BCUT2D eigenvalue weighted by molar-refractivity contribution is 0.117. The second-order valence-electron chi connectivity index (χ2n) is 4.75. The van der Waals surface area contributed by atoms with E-state index in [1.807, 2.05) is 20.0 Å². The lowest BCUT2D eigenvalue weighted by atomic mass is 10.3. The van der Waals surface area contributed by atoms with Crippen LogP contribution in [0.15, 0.2) is 10.6 Å². The summed E-state index contributed by atoms with van der Waals surface area (Å²) in [5.41, 5.74) is 0.955. The fraction of sp³-hybridized carbons (Fsp3) is 0.769. The van der Waals surface area contributed by atoms with E-state index in [1.54, 1.807) is 0 Å². The van der Waals surface area contributed by atoms with E-state index in [9.17, 15) is 0 Å². The Morgan fingerprint density at radius 3 is 2.94 bits per heavy atom. The molecule has 5 nitrogen and oxygen atoms in total. The maximum atomic E-state index is 5.31. The Kier molecular flexibility index (Phi) is 6.93. The smallest absolute Gasteiger partial charge is 0.151 e. The van der Waals surface area contributed by atoms with Crippen molar-refractivity contribution in [2.45, 2.75) is 39.9 Å². The number of hydrogen-bond acceptors (Lipinski definition) is 5. The lowest BCUT2D eigenvalue weighted by Crippen LogP contribution is -2.22. The topological polar surface area (TPSA) is 50.5 Å². The zero-order valence-corrected chi connectivity index (χ0v) is 11.9. The molecule has 5 heteroatoms. The van der Waals surface area contributed by atoms with Gasteiger partial charge in [-0.2, -0.15) is 0 Å². The minimum absolute atomic E-state index is 0.457. The second kappa shape index (κ2) is 8.24. The number of nitrogens with zero attached hydrogens (tertiary/aromatic N) is 2. The summed E-state index contributed by atoms with van der Waals surface area (Å²) in [6.45, 7) is 10.2. The highest BCUT2D eigenvalue weighted by atomic mass is 16.5. The molecular formula is C13H25N3O2. The largest absolute Gasteiger partial charge is 0.380 e. The van der Waals surface area contributed by atoms with E-state index in [1.165, 1.54) is 0 Å². The van der Waals surface area contributed by atoms with Gasteiger partial charge in [-0.1, -0.05) is 19.0 Å². The molecule has 0 radical (unpaired) electrons. The number of nitrogens with one attached hydrogen (secondary N) is 1. The van der Waals surface area contributed by atoms with Crippen LogP contribution in [0.25, 0.3) is 0 Å². The minimum atomic E-state index is 0.457. The van der Waals surface area contributed by atoms with Crippen molar-refractivity contribution in [3.63, 3.8) is 0 Å². The summed E-state index contributed by atoms with van der Waals surface area (Å²) >= 11 is 0. The number of hydrogen-bond donors (Lipinski definition) is 1. The van der Waals surface area contributed by atoms with E-state index >= 15 is 0 Å². The Hall–Kier alpha value is -0.910. The molecule has 1 aromatic rings. The first-order valence-corrected chi connectivity index (χ1v) is 6.56. The number of likely N-dealkylation sites (N-methyl/N-ethyl adjacent to an activating group) is 1. The maximum absolute atomic E-state index is 5.31. The van der Waals surface area contributed by atoms with Gasteiger partial charge < -0.3 is 14.6 Å². The third-order valence-corrected chi connectivity index (χ3v) is 2.55. The van der Waals surface area contributed by atoms with E-state index in [0.717, 1.165) is 44.3 Å². The normalized spacial score (nSPS) is 11.7. The van der Waals surface area contributed by atoms with Crippen molar-refractivity contribution in [1.82, 2.24) is 15.4 Å². The van der Waals surface area contributed by atoms with Crippen LogP contribution >= 0.6 is 0 Å². The molecule has 1 heterocycles. The maximum Gasteiger partial charge on any atom is 0.151 e. The highest BCUT2D eigenvalue weighted by molar-refractivity contribution is 5.05. The Labute approximate surface area is 109 Å². The van der Waals surface area contributed by atoms with Gasteiger partial charge >= 0.3 is 0 Å². The van der Waals surface area contributed by atoms with Crippen molar-refractivity contribution in [3.8, 4) is 0 Å². The van der Waals surface area contributed by atoms with Crippen molar-refractivity contribution < 1.29 is 9.26 Å². The average Bonchev–Trinajstić information content (AvgIpc) is 2.74. The third kappa shape index (κ3) is 6.14. The molecule has 0 bridgehead atoms. The molecule has 0 saturated carbocycles. The van der Waals surface area contributed by atoms with Crippen molar-refractivity contribution >= 4 is 0 Å². The van der Waals surface area contributed by atoms with Crippen LogP contribution in [0.3, 0.4) is 0 Å². The van der Waals surface area contributed by atoms with Crippen LogP contribution in [0.4, 0.5) is 0 Å². The summed E-state index contributed by atoms with van der Waals surface area (Å²) < 4.78 is 10.6. The summed E-state index contributed by atoms with van der Waals surface area (Å²) in [4.78, 5) is 2.16. The third-order valence-electron chi connectivity index (χ3n) is 2.55. The Morgan fingerprint density at radius 1 is 1.50 bits per heavy atom. The molecule has 0 spiro atoms. The van der Waals surface area contributed by atoms with Gasteiger partial charge in [-0.15, -0.1) is 0 Å². The van der Waals surface area contributed by atoms with Gasteiger partial charge in [0, 0.05) is 31.8 Å². The predicted molar refractivity (Wildman–Crippen MR) is 71.3 cm³/mol. The molecule has 0 saturated heterocycles.